The molecule has 0 aliphatic rings. The van der Waals surface area contributed by atoms with Crippen molar-refractivity contribution in [3.05, 3.63) is 0 Å². The lowest BCUT2D eigenvalue weighted by Crippen LogP contribution is -2.37. The van der Waals surface area contributed by atoms with Gasteiger partial charge >= 0.3 is 0 Å². The van der Waals surface area contributed by atoms with Crippen molar-refractivity contribution in [3.8, 4) is 0 Å². The van der Waals surface area contributed by atoms with E-state index < -0.39 is 6.17 Å². The highest BCUT2D eigenvalue weighted by atomic mass is 16.5. The van der Waals surface area contributed by atoms with Crippen LogP contribution in [0.25, 0.3) is 0 Å². The summed E-state index contributed by atoms with van der Waals surface area (Å²) < 4.78 is 10.5. The zero-order valence-corrected chi connectivity index (χ0v) is 12.0. The van der Waals surface area contributed by atoms with Gasteiger partial charge in [-0.15, -0.1) is 0 Å². The van der Waals surface area contributed by atoms with E-state index in [0.717, 1.165) is 44.5 Å². The van der Waals surface area contributed by atoms with Gasteiger partial charge in [0.05, 0.1) is 32.6 Å². The van der Waals surface area contributed by atoms with Crippen LogP contribution in [0.3, 0.4) is 0 Å². The van der Waals surface area contributed by atoms with E-state index in [1.54, 1.807) is 0 Å². The molecule has 0 bridgehead atoms. The van der Waals surface area contributed by atoms with Crippen molar-refractivity contribution in [2.45, 2.75) is 38.8 Å². The third-order valence-electron chi connectivity index (χ3n) is 2.65. The van der Waals surface area contributed by atoms with Gasteiger partial charge in [-0.1, -0.05) is 12.8 Å². The van der Waals surface area contributed by atoms with Crippen molar-refractivity contribution in [2.75, 3.05) is 39.6 Å². The van der Waals surface area contributed by atoms with E-state index >= 15 is 0 Å². The molecule has 0 radical (unpaired) electrons. The molecule has 0 saturated carbocycles. The minimum atomic E-state index is -0.429. The van der Waals surface area contributed by atoms with Gasteiger partial charge in [0.1, 0.15) is 0 Å². The second kappa shape index (κ2) is 13.9. The van der Waals surface area contributed by atoms with Gasteiger partial charge in [0, 0.05) is 18.9 Å². The molecule has 0 heterocycles. The molecule has 6 nitrogen and oxygen atoms in total. The lowest BCUT2D eigenvalue weighted by atomic mass is 10.2. The first-order valence-corrected chi connectivity index (χ1v) is 6.97. The molecule has 0 amide bonds. The first-order chi connectivity index (χ1) is 9.18. The zero-order chi connectivity index (χ0) is 14.3. The predicted molar refractivity (Wildman–Crippen MR) is 77.3 cm³/mol. The summed E-state index contributed by atoms with van der Waals surface area (Å²) in [5.74, 6) is 0. The molecule has 0 atom stereocenters. The molecular formula is C13H29N3O3. The molecular weight excluding hydrogens is 246 g/mol. The van der Waals surface area contributed by atoms with Gasteiger partial charge in [0.15, 0.2) is 0 Å². The normalized spacial score (nSPS) is 12.4. The third-order valence-corrected chi connectivity index (χ3v) is 2.65. The maximum Gasteiger partial charge on any atom is 0.0912 e. The largest absolute Gasteiger partial charge is 0.394 e. The second-order valence-corrected chi connectivity index (χ2v) is 4.41. The van der Waals surface area contributed by atoms with E-state index in [1.165, 1.54) is 0 Å². The van der Waals surface area contributed by atoms with E-state index in [-0.39, 0.29) is 6.61 Å². The highest BCUT2D eigenvalue weighted by molar-refractivity contribution is 5.86. The van der Waals surface area contributed by atoms with Gasteiger partial charge in [-0.25, -0.2) is 0 Å². The molecule has 0 rings (SSSR count). The van der Waals surface area contributed by atoms with Crippen molar-refractivity contribution >= 4 is 5.71 Å². The Bertz CT molecular complexity index is 223. The fraction of sp³-hybridized carbons (Fsp3) is 0.923. The summed E-state index contributed by atoms with van der Waals surface area (Å²) >= 11 is 0. The number of aliphatic imine (C=N–C) groups is 1. The van der Waals surface area contributed by atoms with Crippen molar-refractivity contribution in [1.29, 1.82) is 0 Å². The number of hydrogen-bond donors (Lipinski definition) is 3. The Morgan fingerprint density at radius 1 is 1.00 bits per heavy atom. The molecule has 0 aromatic heterocycles. The van der Waals surface area contributed by atoms with Gasteiger partial charge < -0.3 is 26.0 Å². The summed E-state index contributed by atoms with van der Waals surface area (Å²) in [5.41, 5.74) is 11.8. The van der Waals surface area contributed by atoms with Crippen LogP contribution in [0.2, 0.25) is 0 Å². The quantitative estimate of drug-likeness (QED) is 0.254. The van der Waals surface area contributed by atoms with Crippen molar-refractivity contribution in [2.24, 2.45) is 16.5 Å². The SMILES string of the molecule is CC(=NCCCCCCOCCOCCO)C(N)N. The van der Waals surface area contributed by atoms with Crippen LogP contribution < -0.4 is 11.5 Å². The maximum atomic E-state index is 8.49. The molecule has 0 saturated heterocycles. The molecule has 0 unspecified atom stereocenters. The number of nitrogens with zero attached hydrogens (tertiary/aromatic N) is 1. The number of hydrogen-bond acceptors (Lipinski definition) is 6. The topological polar surface area (TPSA) is 103 Å². The summed E-state index contributed by atoms with van der Waals surface area (Å²) in [7, 11) is 0. The predicted octanol–water partition coefficient (Wildman–Crippen LogP) is 0.277. The van der Waals surface area contributed by atoms with E-state index in [4.69, 9.17) is 26.0 Å². The Balaban J connectivity index is 3.13. The molecule has 0 fully saturated rings. The lowest BCUT2D eigenvalue weighted by Gasteiger charge is -2.05. The van der Waals surface area contributed by atoms with E-state index in [9.17, 15) is 0 Å². The van der Waals surface area contributed by atoms with Crippen LogP contribution in [0.5, 0.6) is 0 Å². The van der Waals surface area contributed by atoms with Gasteiger partial charge in [-0.3, -0.25) is 4.99 Å². The average Bonchev–Trinajstić information content (AvgIpc) is 2.39. The molecule has 0 aliphatic carbocycles. The molecule has 19 heavy (non-hydrogen) atoms. The first-order valence-electron chi connectivity index (χ1n) is 6.97. The monoisotopic (exact) mass is 275 g/mol. The van der Waals surface area contributed by atoms with Gasteiger partial charge in [0.2, 0.25) is 0 Å². The number of aliphatic hydroxyl groups is 1. The van der Waals surface area contributed by atoms with Crippen LogP contribution in [0.4, 0.5) is 0 Å². The number of ether oxygens (including phenoxy) is 2. The number of unbranched alkanes of at least 4 members (excludes halogenated alkanes) is 3. The standard InChI is InChI=1S/C13H29N3O3/c1-12(13(14)15)16-6-4-2-3-5-8-18-10-11-19-9-7-17/h13,17H,2-11,14-15H2,1H3. The van der Waals surface area contributed by atoms with Gasteiger partial charge in [0.25, 0.3) is 0 Å². The van der Waals surface area contributed by atoms with E-state index in [1.807, 2.05) is 6.92 Å². The highest BCUT2D eigenvalue weighted by Crippen LogP contribution is 2.00. The van der Waals surface area contributed by atoms with Crippen molar-refractivity contribution < 1.29 is 14.6 Å². The Kier molecular flexibility index (Phi) is 13.5. The first kappa shape index (κ1) is 18.5. The second-order valence-electron chi connectivity index (χ2n) is 4.41. The minimum Gasteiger partial charge on any atom is -0.394 e. The molecule has 114 valence electrons. The van der Waals surface area contributed by atoms with Crippen molar-refractivity contribution in [3.63, 3.8) is 0 Å². The van der Waals surface area contributed by atoms with E-state index in [2.05, 4.69) is 4.99 Å². The molecule has 0 spiro atoms. The van der Waals surface area contributed by atoms with Gasteiger partial charge in [-0.2, -0.15) is 0 Å². The van der Waals surface area contributed by atoms with Gasteiger partial charge in [-0.05, 0) is 19.8 Å². The summed E-state index contributed by atoms with van der Waals surface area (Å²) in [6.45, 7) is 5.01. The molecule has 0 aromatic rings. The van der Waals surface area contributed by atoms with Crippen LogP contribution in [-0.2, 0) is 9.47 Å². The van der Waals surface area contributed by atoms with Crippen LogP contribution in [0.15, 0.2) is 4.99 Å². The Morgan fingerprint density at radius 2 is 1.63 bits per heavy atom. The Labute approximate surface area is 116 Å². The number of aliphatic hydroxyl groups excluding tert-OH is 1. The molecule has 5 N–H and O–H groups in total. The maximum absolute atomic E-state index is 8.49. The third kappa shape index (κ3) is 13.7. The number of nitrogens with two attached hydrogens (primary N) is 2. The van der Waals surface area contributed by atoms with Crippen LogP contribution in [0.1, 0.15) is 32.6 Å². The lowest BCUT2D eigenvalue weighted by molar-refractivity contribution is 0.0321. The molecule has 0 aliphatic heterocycles. The fourth-order valence-corrected chi connectivity index (χ4v) is 1.42. The van der Waals surface area contributed by atoms with Crippen LogP contribution in [-0.4, -0.2) is 56.6 Å². The van der Waals surface area contributed by atoms with Crippen LogP contribution >= 0.6 is 0 Å². The zero-order valence-electron chi connectivity index (χ0n) is 12.0. The molecule has 6 heteroatoms. The van der Waals surface area contributed by atoms with Crippen LogP contribution in [0, 0.1) is 0 Å². The summed E-state index contributed by atoms with van der Waals surface area (Å²) in [6.07, 6.45) is 3.96. The average molecular weight is 275 g/mol. The highest BCUT2D eigenvalue weighted by Gasteiger charge is 1.97. The number of rotatable bonds is 13. The molecule has 0 aromatic carbocycles. The smallest absolute Gasteiger partial charge is 0.0912 e. The fourth-order valence-electron chi connectivity index (χ4n) is 1.42. The Morgan fingerprint density at radius 3 is 2.26 bits per heavy atom. The summed E-state index contributed by atoms with van der Waals surface area (Å²) in [6, 6.07) is 0. The Hall–Kier alpha value is -0.530. The van der Waals surface area contributed by atoms with E-state index in [0.29, 0.717) is 19.8 Å². The van der Waals surface area contributed by atoms with Crippen molar-refractivity contribution in [1.82, 2.24) is 0 Å². The summed E-state index contributed by atoms with van der Waals surface area (Å²) in [5, 5.41) is 8.49. The summed E-state index contributed by atoms with van der Waals surface area (Å²) in [4.78, 5) is 4.30. The minimum absolute atomic E-state index is 0.0665.